The van der Waals surface area contributed by atoms with Crippen molar-refractivity contribution in [3.63, 3.8) is 0 Å². The monoisotopic (exact) mass is 236 g/mol. The van der Waals surface area contributed by atoms with E-state index in [-0.39, 0.29) is 40.0 Å². The molecular weight excluding hydrogens is 232 g/mol. The van der Waals surface area contributed by atoms with Crippen molar-refractivity contribution in [2.75, 3.05) is 0 Å². The number of benzene rings is 1. The van der Waals surface area contributed by atoms with Gasteiger partial charge in [-0.2, -0.15) is 24.3 Å². The van der Waals surface area contributed by atoms with E-state index in [4.69, 9.17) is 0 Å². The minimum atomic E-state index is 0. The standard InChI is InChI=1S/C8H5S.BrH.Mg/c1-2-4-8-7(3-1)5-6-9-8;;/h1,3-6H;1H;/q-1;;+2/p-1. The quantitative estimate of drug-likeness (QED) is 0.421. The zero-order valence-electron chi connectivity index (χ0n) is 5.88. The van der Waals surface area contributed by atoms with Crippen LogP contribution in [0.4, 0.5) is 0 Å². The van der Waals surface area contributed by atoms with Crippen LogP contribution in [0, 0.1) is 6.07 Å². The Bertz CT molecular complexity index is 288. The molecule has 2 rings (SSSR count). The predicted molar refractivity (Wildman–Crippen MR) is 46.4 cm³/mol. The summed E-state index contributed by atoms with van der Waals surface area (Å²) in [5.41, 5.74) is 0. The molecule has 0 saturated heterocycles. The Balaban J connectivity index is 0.000000500. The largest absolute Gasteiger partial charge is 2.00 e. The van der Waals surface area contributed by atoms with E-state index in [1.165, 1.54) is 10.1 Å². The van der Waals surface area contributed by atoms with Crippen molar-refractivity contribution < 1.29 is 17.0 Å². The minimum Gasteiger partial charge on any atom is -1.00 e. The van der Waals surface area contributed by atoms with E-state index < -0.39 is 0 Å². The van der Waals surface area contributed by atoms with Gasteiger partial charge in [0.05, 0.1) is 0 Å². The maximum atomic E-state index is 3.03. The molecule has 0 fully saturated rings. The molecule has 0 bridgehead atoms. The normalized spacial score (nSPS) is 8.36. The zero-order chi connectivity index (χ0) is 6.10. The van der Waals surface area contributed by atoms with E-state index in [1.54, 1.807) is 11.3 Å². The molecule has 0 nitrogen and oxygen atoms in total. The van der Waals surface area contributed by atoms with Gasteiger partial charge in [0.15, 0.2) is 0 Å². The average Bonchev–Trinajstić information content (AvgIpc) is 2.33. The summed E-state index contributed by atoms with van der Waals surface area (Å²) in [7, 11) is 0. The Morgan fingerprint density at radius 2 is 2.09 bits per heavy atom. The van der Waals surface area contributed by atoms with E-state index in [2.05, 4.69) is 23.6 Å². The summed E-state index contributed by atoms with van der Waals surface area (Å²) in [5.74, 6) is 0. The summed E-state index contributed by atoms with van der Waals surface area (Å²) >= 11 is 1.76. The van der Waals surface area contributed by atoms with Gasteiger partial charge >= 0.3 is 23.1 Å². The fourth-order valence-corrected chi connectivity index (χ4v) is 1.62. The Kier molecular flexibility index (Phi) is 5.34. The van der Waals surface area contributed by atoms with Crippen LogP contribution in [-0.2, 0) is 0 Å². The van der Waals surface area contributed by atoms with E-state index in [9.17, 15) is 0 Å². The van der Waals surface area contributed by atoms with Crippen molar-refractivity contribution in [3.8, 4) is 0 Å². The third-order valence-electron chi connectivity index (χ3n) is 1.30. The van der Waals surface area contributed by atoms with Crippen LogP contribution in [0.2, 0.25) is 0 Å². The molecule has 0 radical (unpaired) electrons. The summed E-state index contributed by atoms with van der Waals surface area (Å²) in [6, 6.07) is 11.2. The molecule has 0 unspecified atom stereocenters. The number of rotatable bonds is 0. The number of hydrogen-bond acceptors (Lipinski definition) is 1. The summed E-state index contributed by atoms with van der Waals surface area (Å²) in [4.78, 5) is 0. The molecular formula is C8H5BrMgS. The first-order valence-electron chi connectivity index (χ1n) is 2.80. The number of thiophene rings is 1. The maximum absolute atomic E-state index is 3.03. The van der Waals surface area contributed by atoms with Crippen LogP contribution in [0.3, 0.4) is 0 Å². The van der Waals surface area contributed by atoms with Crippen molar-refractivity contribution in [2.45, 2.75) is 0 Å². The van der Waals surface area contributed by atoms with Crippen molar-refractivity contribution in [3.05, 3.63) is 35.7 Å². The second kappa shape index (κ2) is 5.14. The number of fused-ring (bicyclic) bond motifs is 1. The van der Waals surface area contributed by atoms with Gasteiger partial charge in [-0.3, -0.25) is 0 Å². The van der Waals surface area contributed by atoms with Gasteiger partial charge in [0.2, 0.25) is 0 Å². The van der Waals surface area contributed by atoms with Crippen LogP contribution < -0.4 is 17.0 Å². The minimum absolute atomic E-state index is 0. The van der Waals surface area contributed by atoms with E-state index in [0.717, 1.165) is 0 Å². The van der Waals surface area contributed by atoms with Crippen molar-refractivity contribution >= 4 is 44.5 Å². The molecule has 0 N–H and O–H groups in total. The Morgan fingerprint density at radius 3 is 2.82 bits per heavy atom. The van der Waals surface area contributed by atoms with Gasteiger partial charge in [-0.05, 0) is 5.38 Å². The van der Waals surface area contributed by atoms with Gasteiger partial charge in [0.1, 0.15) is 0 Å². The SMILES string of the molecule is [Br-].[Mg+2].[c-]1ccc2ccsc2c1. The van der Waals surface area contributed by atoms with Crippen LogP contribution in [0.15, 0.2) is 29.6 Å². The van der Waals surface area contributed by atoms with Gasteiger partial charge in [-0.1, -0.05) is 10.8 Å². The molecule has 0 amide bonds. The second-order valence-corrected chi connectivity index (χ2v) is 2.83. The third-order valence-corrected chi connectivity index (χ3v) is 2.18. The third kappa shape index (κ3) is 2.44. The molecule has 3 heteroatoms. The summed E-state index contributed by atoms with van der Waals surface area (Å²) < 4.78 is 1.32. The molecule has 0 saturated carbocycles. The van der Waals surface area contributed by atoms with Gasteiger partial charge in [0.25, 0.3) is 0 Å². The van der Waals surface area contributed by atoms with E-state index in [1.807, 2.05) is 12.1 Å². The van der Waals surface area contributed by atoms with Gasteiger partial charge in [0, 0.05) is 0 Å². The smallest absolute Gasteiger partial charge is 1.00 e. The molecule has 0 atom stereocenters. The topological polar surface area (TPSA) is 0 Å². The molecule has 1 aromatic carbocycles. The Labute approximate surface area is 96.5 Å². The predicted octanol–water partition coefficient (Wildman–Crippen LogP) is -0.675. The first-order valence-corrected chi connectivity index (χ1v) is 3.68. The van der Waals surface area contributed by atoms with Crippen molar-refractivity contribution in [1.29, 1.82) is 0 Å². The van der Waals surface area contributed by atoms with Crippen LogP contribution in [0.25, 0.3) is 10.1 Å². The molecule has 1 aromatic heterocycles. The van der Waals surface area contributed by atoms with Crippen LogP contribution in [0.1, 0.15) is 0 Å². The molecule has 1 heterocycles. The fraction of sp³-hybridized carbons (Fsp3) is 0. The number of hydrogen-bond donors (Lipinski definition) is 0. The molecule has 2 aromatic rings. The Morgan fingerprint density at radius 1 is 1.27 bits per heavy atom. The van der Waals surface area contributed by atoms with Gasteiger partial charge in [-0.25, -0.2) is 11.3 Å². The summed E-state index contributed by atoms with van der Waals surface area (Å²) in [5, 5.41) is 3.41. The van der Waals surface area contributed by atoms with E-state index >= 15 is 0 Å². The van der Waals surface area contributed by atoms with Crippen LogP contribution in [-0.4, -0.2) is 23.1 Å². The molecule has 11 heavy (non-hydrogen) atoms. The maximum Gasteiger partial charge on any atom is 2.00 e. The molecule has 0 aliphatic rings. The summed E-state index contributed by atoms with van der Waals surface area (Å²) in [6.45, 7) is 0. The first kappa shape index (κ1) is 11.4. The number of halogens is 1. The second-order valence-electron chi connectivity index (χ2n) is 1.88. The van der Waals surface area contributed by atoms with Crippen molar-refractivity contribution in [2.24, 2.45) is 0 Å². The van der Waals surface area contributed by atoms with Gasteiger partial charge < -0.3 is 17.0 Å². The Hall–Kier alpha value is 0.426. The molecule has 0 aliphatic heterocycles. The molecule has 0 aliphatic carbocycles. The van der Waals surface area contributed by atoms with E-state index in [0.29, 0.717) is 0 Å². The zero-order valence-corrected chi connectivity index (χ0v) is 9.70. The first-order chi connectivity index (χ1) is 4.47. The summed E-state index contributed by atoms with van der Waals surface area (Å²) in [6.07, 6.45) is 0. The molecule has 52 valence electrons. The van der Waals surface area contributed by atoms with Crippen LogP contribution in [0.5, 0.6) is 0 Å². The fourth-order valence-electron chi connectivity index (χ4n) is 0.848. The molecule has 0 spiro atoms. The van der Waals surface area contributed by atoms with Crippen molar-refractivity contribution in [1.82, 2.24) is 0 Å². The average molecular weight is 237 g/mol. The van der Waals surface area contributed by atoms with Gasteiger partial charge in [-0.15, -0.1) is 5.39 Å². The van der Waals surface area contributed by atoms with Crippen LogP contribution >= 0.6 is 11.3 Å².